The van der Waals surface area contributed by atoms with Gasteiger partial charge in [-0.2, -0.15) is 0 Å². The lowest BCUT2D eigenvalue weighted by molar-refractivity contribution is 0.0732. The van der Waals surface area contributed by atoms with Crippen LogP contribution in [0, 0.1) is 13.8 Å². The number of ketones is 1. The average Bonchev–Trinajstić information content (AvgIpc) is 2.50. The van der Waals surface area contributed by atoms with E-state index in [4.69, 9.17) is 9.47 Å². The van der Waals surface area contributed by atoms with Crippen molar-refractivity contribution in [3.63, 3.8) is 0 Å². The zero-order valence-electron chi connectivity index (χ0n) is 13.1. The van der Waals surface area contributed by atoms with Crippen molar-refractivity contribution in [3.05, 3.63) is 58.7 Å². The van der Waals surface area contributed by atoms with E-state index >= 15 is 0 Å². The smallest absolute Gasteiger partial charge is 0.343 e. The molecule has 22 heavy (non-hydrogen) atoms. The molecule has 2 aromatic rings. The Balaban J connectivity index is 2.21. The van der Waals surface area contributed by atoms with Crippen molar-refractivity contribution in [2.45, 2.75) is 20.8 Å². The SMILES string of the molecule is COc1cc(C)c(OC(=O)c2ccc(C(C)=O)cc2)cc1C. The molecule has 0 saturated carbocycles. The Bertz CT molecular complexity index is 715. The van der Waals surface area contributed by atoms with Crippen LogP contribution in [0.2, 0.25) is 0 Å². The summed E-state index contributed by atoms with van der Waals surface area (Å²) in [4.78, 5) is 23.4. The van der Waals surface area contributed by atoms with Crippen LogP contribution in [0.15, 0.2) is 36.4 Å². The van der Waals surface area contributed by atoms with Gasteiger partial charge in [-0.25, -0.2) is 4.79 Å². The fourth-order valence-electron chi connectivity index (χ4n) is 2.09. The van der Waals surface area contributed by atoms with Gasteiger partial charge in [0, 0.05) is 5.56 Å². The van der Waals surface area contributed by atoms with Crippen molar-refractivity contribution >= 4 is 11.8 Å². The van der Waals surface area contributed by atoms with E-state index in [1.54, 1.807) is 37.4 Å². The molecule has 0 unspecified atom stereocenters. The number of esters is 1. The number of benzene rings is 2. The Morgan fingerprint density at radius 3 is 1.91 bits per heavy atom. The molecule has 2 rings (SSSR count). The number of aryl methyl sites for hydroxylation is 2. The summed E-state index contributed by atoms with van der Waals surface area (Å²) in [6, 6.07) is 10.0. The molecule has 0 aliphatic rings. The number of Topliss-reactive ketones (excluding diaryl/α,β-unsaturated/α-hetero) is 1. The predicted molar refractivity (Wildman–Crippen MR) is 83.9 cm³/mol. The summed E-state index contributed by atoms with van der Waals surface area (Å²) in [5, 5.41) is 0. The van der Waals surface area contributed by atoms with E-state index in [1.165, 1.54) is 6.92 Å². The third-order valence-corrected chi connectivity index (χ3v) is 3.42. The first-order valence-corrected chi connectivity index (χ1v) is 6.90. The number of hydrogen-bond donors (Lipinski definition) is 0. The number of methoxy groups -OCH3 is 1. The fourth-order valence-corrected chi connectivity index (χ4v) is 2.09. The van der Waals surface area contributed by atoms with Gasteiger partial charge in [0.05, 0.1) is 12.7 Å². The van der Waals surface area contributed by atoms with Gasteiger partial charge >= 0.3 is 5.97 Å². The highest BCUT2D eigenvalue weighted by atomic mass is 16.5. The van der Waals surface area contributed by atoms with Gasteiger partial charge in [-0.1, -0.05) is 12.1 Å². The number of carbonyl (C=O) groups excluding carboxylic acids is 2. The molecule has 0 radical (unpaired) electrons. The second-order valence-corrected chi connectivity index (χ2v) is 5.11. The van der Waals surface area contributed by atoms with E-state index in [2.05, 4.69) is 0 Å². The van der Waals surface area contributed by atoms with Crippen molar-refractivity contribution in [1.82, 2.24) is 0 Å². The molecule has 4 heteroatoms. The van der Waals surface area contributed by atoms with Crippen LogP contribution in [0.1, 0.15) is 38.8 Å². The number of rotatable bonds is 4. The lowest BCUT2D eigenvalue weighted by Gasteiger charge is -2.11. The molecule has 4 nitrogen and oxygen atoms in total. The molecule has 0 aromatic heterocycles. The third-order valence-electron chi connectivity index (χ3n) is 3.42. The van der Waals surface area contributed by atoms with Gasteiger partial charge in [0.2, 0.25) is 0 Å². The molecule has 0 aliphatic carbocycles. The molecule has 0 fully saturated rings. The van der Waals surface area contributed by atoms with Gasteiger partial charge in [0.15, 0.2) is 5.78 Å². The fraction of sp³-hybridized carbons (Fsp3) is 0.222. The predicted octanol–water partition coefficient (Wildman–Crippen LogP) is 3.73. The zero-order chi connectivity index (χ0) is 16.3. The molecule has 0 atom stereocenters. The van der Waals surface area contributed by atoms with Crippen LogP contribution in [0.5, 0.6) is 11.5 Å². The van der Waals surface area contributed by atoms with Crippen molar-refractivity contribution < 1.29 is 19.1 Å². The number of carbonyl (C=O) groups is 2. The Hall–Kier alpha value is -2.62. The van der Waals surface area contributed by atoms with Crippen molar-refractivity contribution in [2.75, 3.05) is 7.11 Å². The molecule has 0 amide bonds. The molecule has 0 aliphatic heterocycles. The monoisotopic (exact) mass is 298 g/mol. The van der Waals surface area contributed by atoms with Crippen LogP contribution in [0.25, 0.3) is 0 Å². The minimum Gasteiger partial charge on any atom is -0.496 e. The minimum absolute atomic E-state index is 0.0402. The molecule has 2 aromatic carbocycles. The van der Waals surface area contributed by atoms with Crippen LogP contribution >= 0.6 is 0 Å². The lowest BCUT2D eigenvalue weighted by atomic mass is 10.1. The summed E-state index contributed by atoms with van der Waals surface area (Å²) in [5.74, 6) is 0.756. The van der Waals surface area contributed by atoms with Crippen LogP contribution in [0.4, 0.5) is 0 Å². The summed E-state index contributed by atoms with van der Waals surface area (Å²) in [6.07, 6.45) is 0. The Labute approximate surface area is 129 Å². The highest BCUT2D eigenvalue weighted by Gasteiger charge is 2.13. The first kappa shape index (κ1) is 15.8. The van der Waals surface area contributed by atoms with E-state index in [-0.39, 0.29) is 5.78 Å². The molecule has 0 heterocycles. The average molecular weight is 298 g/mol. The maximum absolute atomic E-state index is 12.2. The minimum atomic E-state index is -0.456. The Morgan fingerprint density at radius 2 is 1.36 bits per heavy atom. The van der Waals surface area contributed by atoms with E-state index < -0.39 is 5.97 Å². The van der Waals surface area contributed by atoms with Gasteiger partial charge in [-0.15, -0.1) is 0 Å². The van der Waals surface area contributed by atoms with Crippen LogP contribution in [-0.4, -0.2) is 18.9 Å². The molecule has 114 valence electrons. The lowest BCUT2D eigenvalue weighted by Crippen LogP contribution is -2.10. The molecule has 0 bridgehead atoms. The zero-order valence-corrected chi connectivity index (χ0v) is 13.1. The summed E-state index contributed by atoms with van der Waals surface area (Å²) >= 11 is 0. The third kappa shape index (κ3) is 3.34. The first-order chi connectivity index (χ1) is 10.4. The van der Waals surface area contributed by atoms with Crippen LogP contribution in [-0.2, 0) is 0 Å². The maximum Gasteiger partial charge on any atom is 0.343 e. The highest BCUT2D eigenvalue weighted by molar-refractivity contribution is 5.96. The quantitative estimate of drug-likeness (QED) is 0.490. The second-order valence-electron chi connectivity index (χ2n) is 5.11. The normalized spacial score (nSPS) is 10.2. The van der Waals surface area contributed by atoms with Gasteiger partial charge < -0.3 is 9.47 Å². The van der Waals surface area contributed by atoms with Crippen LogP contribution < -0.4 is 9.47 Å². The van der Waals surface area contributed by atoms with Gasteiger partial charge in [0.25, 0.3) is 0 Å². The number of hydrogen-bond acceptors (Lipinski definition) is 4. The summed E-state index contributed by atoms with van der Waals surface area (Å²) < 4.78 is 10.7. The topological polar surface area (TPSA) is 52.6 Å². The Morgan fingerprint density at radius 1 is 0.864 bits per heavy atom. The summed E-state index contributed by atoms with van der Waals surface area (Å²) in [6.45, 7) is 5.22. The van der Waals surface area contributed by atoms with E-state index in [1.807, 2.05) is 19.9 Å². The van der Waals surface area contributed by atoms with Crippen LogP contribution in [0.3, 0.4) is 0 Å². The summed E-state index contributed by atoms with van der Waals surface area (Å²) in [5.41, 5.74) is 2.67. The van der Waals surface area contributed by atoms with Gasteiger partial charge in [-0.05, 0) is 56.2 Å². The van der Waals surface area contributed by atoms with Gasteiger partial charge in [-0.3, -0.25) is 4.79 Å². The van der Waals surface area contributed by atoms with Crippen molar-refractivity contribution in [2.24, 2.45) is 0 Å². The molecule has 0 spiro atoms. The largest absolute Gasteiger partial charge is 0.496 e. The highest BCUT2D eigenvalue weighted by Crippen LogP contribution is 2.28. The number of ether oxygens (including phenoxy) is 2. The molecule has 0 N–H and O–H groups in total. The molecular formula is C18H18O4. The Kier molecular flexibility index (Phi) is 4.61. The molecule has 0 saturated heterocycles. The maximum atomic E-state index is 12.2. The first-order valence-electron chi connectivity index (χ1n) is 6.90. The van der Waals surface area contributed by atoms with Gasteiger partial charge in [0.1, 0.15) is 11.5 Å². The standard InChI is InChI=1S/C18H18O4/c1-11-10-17(12(2)9-16(11)21-4)22-18(20)15-7-5-14(6-8-15)13(3)19/h5-10H,1-4H3. The summed E-state index contributed by atoms with van der Waals surface area (Å²) in [7, 11) is 1.60. The second kappa shape index (κ2) is 6.43. The van der Waals surface area contributed by atoms with E-state index in [0.717, 1.165) is 16.9 Å². The van der Waals surface area contributed by atoms with E-state index in [0.29, 0.717) is 16.9 Å². The van der Waals surface area contributed by atoms with Crippen molar-refractivity contribution in [3.8, 4) is 11.5 Å². The van der Waals surface area contributed by atoms with Crippen molar-refractivity contribution in [1.29, 1.82) is 0 Å². The molecular weight excluding hydrogens is 280 g/mol. The van der Waals surface area contributed by atoms with E-state index in [9.17, 15) is 9.59 Å².